The second kappa shape index (κ2) is 9.18. The fraction of sp³-hybridized carbons (Fsp3) is 0.160. The zero-order chi connectivity index (χ0) is 20.8. The van der Waals surface area contributed by atoms with Crippen LogP contribution in [0.4, 0.5) is 17.5 Å². The largest absolute Gasteiger partial charge is 0.366 e. The Kier molecular flexibility index (Phi) is 5.99. The van der Waals surface area contributed by atoms with Gasteiger partial charge in [-0.3, -0.25) is 4.98 Å². The molecule has 2 aromatic heterocycles. The Morgan fingerprint density at radius 1 is 0.900 bits per heavy atom. The van der Waals surface area contributed by atoms with Crippen LogP contribution in [0, 0.1) is 6.92 Å². The van der Waals surface area contributed by atoms with Crippen molar-refractivity contribution in [2.45, 2.75) is 20.4 Å². The Morgan fingerprint density at radius 3 is 2.50 bits per heavy atom. The molecule has 0 radical (unpaired) electrons. The zero-order valence-corrected chi connectivity index (χ0v) is 17.3. The minimum atomic E-state index is 0.648. The highest BCUT2D eigenvalue weighted by Crippen LogP contribution is 2.28. The monoisotopic (exact) mass is 395 g/mol. The Labute approximate surface area is 177 Å². The van der Waals surface area contributed by atoms with Crippen molar-refractivity contribution in [2.24, 2.45) is 0 Å². The summed E-state index contributed by atoms with van der Waals surface area (Å²) in [5.41, 5.74) is 5.34. The minimum absolute atomic E-state index is 0.648. The number of anilines is 3. The van der Waals surface area contributed by atoms with Crippen molar-refractivity contribution in [3.05, 3.63) is 96.3 Å². The van der Waals surface area contributed by atoms with Gasteiger partial charge in [0, 0.05) is 42.8 Å². The van der Waals surface area contributed by atoms with Gasteiger partial charge < -0.3 is 10.2 Å². The summed E-state index contributed by atoms with van der Waals surface area (Å²) >= 11 is 0. The number of aromatic nitrogens is 3. The summed E-state index contributed by atoms with van der Waals surface area (Å²) in [5, 5.41) is 3.44. The normalized spacial score (nSPS) is 10.6. The molecular weight excluding hydrogens is 370 g/mol. The standard InChI is InChI=1S/C25H25N5/c1-3-30(22-13-7-9-19(2)15-22)25-28-23(21-11-5-4-6-12-21)16-24(29-25)27-18-20-10-8-14-26-17-20/h4-17H,3,18H2,1-2H3,(H,27,28,29). The number of nitrogens with zero attached hydrogens (tertiary/aromatic N) is 4. The maximum Gasteiger partial charge on any atom is 0.232 e. The van der Waals surface area contributed by atoms with E-state index in [9.17, 15) is 0 Å². The lowest BCUT2D eigenvalue weighted by molar-refractivity contribution is 0.943. The predicted molar refractivity (Wildman–Crippen MR) is 123 cm³/mol. The molecule has 0 aliphatic carbocycles. The Bertz CT molecular complexity index is 1100. The van der Waals surface area contributed by atoms with Crippen LogP contribution in [0.1, 0.15) is 18.1 Å². The molecule has 0 unspecified atom stereocenters. The lowest BCUT2D eigenvalue weighted by Crippen LogP contribution is -2.20. The van der Waals surface area contributed by atoms with Gasteiger partial charge in [0.05, 0.1) is 5.69 Å². The second-order valence-electron chi connectivity index (χ2n) is 7.10. The van der Waals surface area contributed by atoms with E-state index in [0.717, 1.165) is 34.9 Å². The van der Waals surface area contributed by atoms with Crippen LogP contribution in [0.3, 0.4) is 0 Å². The molecule has 2 aromatic carbocycles. The SMILES string of the molecule is CCN(c1cccc(C)c1)c1nc(NCc2cccnc2)cc(-c2ccccc2)n1. The van der Waals surface area contributed by atoms with Gasteiger partial charge >= 0.3 is 0 Å². The highest BCUT2D eigenvalue weighted by atomic mass is 15.3. The number of hydrogen-bond acceptors (Lipinski definition) is 5. The van der Waals surface area contributed by atoms with Crippen molar-refractivity contribution < 1.29 is 0 Å². The number of rotatable bonds is 7. The number of hydrogen-bond donors (Lipinski definition) is 1. The Hall–Kier alpha value is -3.73. The first-order valence-electron chi connectivity index (χ1n) is 10.1. The molecule has 4 rings (SSSR count). The first-order valence-corrected chi connectivity index (χ1v) is 10.1. The molecule has 0 spiro atoms. The number of aryl methyl sites for hydroxylation is 1. The third kappa shape index (κ3) is 4.63. The van der Waals surface area contributed by atoms with Crippen LogP contribution in [0.2, 0.25) is 0 Å². The lowest BCUT2D eigenvalue weighted by atomic mass is 10.1. The summed E-state index contributed by atoms with van der Waals surface area (Å²) in [7, 11) is 0. The summed E-state index contributed by atoms with van der Waals surface area (Å²) in [6.07, 6.45) is 3.64. The maximum atomic E-state index is 4.90. The maximum absolute atomic E-state index is 4.90. The van der Waals surface area contributed by atoms with Crippen LogP contribution < -0.4 is 10.2 Å². The summed E-state index contributed by atoms with van der Waals surface area (Å²) in [4.78, 5) is 16.1. The van der Waals surface area contributed by atoms with E-state index in [1.807, 2.05) is 42.6 Å². The third-order valence-electron chi connectivity index (χ3n) is 4.85. The number of nitrogens with one attached hydrogen (secondary N) is 1. The lowest BCUT2D eigenvalue weighted by Gasteiger charge is -2.23. The molecule has 5 heteroatoms. The summed E-state index contributed by atoms with van der Waals surface area (Å²) < 4.78 is 0. The fourth-order valence-corrected chi connectivity index (χ4v) is 3.33. The number of benzene rings is 2. The summed E-state index contributed by atoms with van der Waals surface area (Å²) in [5.74, 6) is 1.46. The molecule has 30 heavy (non-hydrogen) atoms. The second-order valence-corrected chi connectivity index (χ2v) is 7.10. The molecule has 0 fully saturated rings. The average molecular weight is 396 g/mol. The van der Waals surface area contributed by atoms with Gasteiger partial charge in [-0.05, 0) is 43.2 Å². The average Bonchev–Trinajstić information content (AvgIpc) is 2.79. The molecule has 0 aliphatic heterocycles. The first kappa shape index (κ1) is 19.6. The fourth-order valence-electron chi connectivity index (χ4n) is 3.33. The molecule has 150 valence electrons. The van der Waals surface area contributed by atoms with E-state index in [1.54, 1.807) is 6.20 Å². The topological polar surface area (TPSA) is 53.9 Å². The Balaban J connectivity index is 1.73. The van der Waals surface area contributed by atoms with Crippen molar-refractivity contribution in [1.82, 2.24) is 15.0 Å². The highest BCUT2D eigenvalue weighted by Gasteiger charge is 2.14. The van der Waals surface area contributed by atoms with E-state index in [1.165, 1.54) is 5.56 Å². The van der Waals surface area contributed by atoms with E-state index < -0.39 is 0 Å². The molecule has 2 heterocycles. The van der Waals surface area contributed by atoms with E-state index >= 15 is 0 Å². The molecule has 1 N–H and O–H groups in total. The third-order valence-corrected chi connectivity index (χ3v) is 4.85. The molecule has 0 atom stereocenters. The van der Waals surface area contributed by atoms with Gasteiger partial charge in [0.25, 0.3) is 0 Å². The molecule has 0 saturated carbocycles. The van der Waals surface area contributed by atoms with Gasteiger partial charge in [-0.25, -0.2) is 4.98 Å². The number of pyridine rings is 1. The molecule has 0 bridgehead atoms. The smallest absolute Gasteiger partial charge is 0.232 e. The van der Waals surface area contributed by atoms with Crippen LogP contribution in [0.15, 0.2) is 85.2 Å². The molecular formula is C25H25N5. The van der Waals surface area contributed by atoms with Gasteiger partial charge in [-0.1, -0.05) is 48.5 Å². The summed E-state index contributed by atoms with van der Waals surface area (Å²) in [6, 6.07) is 24.6. The van der Waals surface area contributed by atoms with Crippen molar-refractivity contribution >= 4 is 17.5 Å². The van der Waals surface area contributed by atoms with Gasteiger partial charge in [0.2, 0.25) is 5.95 Å². The Morgan fingerprint density at radius 2 is 1.77 bits per heavy atom. The van der Waals surface area contributed by atoms with Crippen LogP contribution in [0.25, 0.3) is 11.3 Å². The molecule has 0 aliphatic rings. The van der Waals surface area contributed by atoms with Crippen LogP contribution >= 0.6 is 0 Å². The minimum Gasteiger partial charge on any atom is -0.366 e. The van der Waals surface area contributed by atoms with Crippen molar-refractivity contribution in [3.8, 4) is 11.3 Å². The van der Waals surface area contributed by atoms with E-state index in [-0.39, 0.29) is 0 Å². The van der Waals surface area contributed by atoms with Crippen molar-refractivity contribution in [3.63, 3.8) is 0 Å². The van der Waals surface area contributed by atoms with E-state index in [2.05, 4.69) is 65.4 Å². The summed E-state index contributed by atoms with van der Waals surface area (Å²) in [6.45, 7) is 5.63. The molecule has 5 nitrogen and oxygen atoms in total. The molecule has 4 aromatic rings. The first-order chi connectivity index (χ1) is 14.7. The van der Waals surface area contributed by atoms with Gasteiger partial charge in [0.15, 0.2) is 0 Å². The predicted octanol–water partition coefficient (Wildman–Crippen LogP) is 5.62. The molecule has 0 amide bonds. The van der Waals surface area contributed by atoms with Crippen LogP contribution in [0.5, 0.6) is 0 Å². The van der Waals surface area contributed by atoms with Gasteiger partial charge in [0.1, 0.15) is 5.82 Å². The van der Waals surface area contributed by atoms with Crippen LogP contribution in [-0.2, 0) is 6.54 Å². The highest BCUT2D eigenvalue weighted by molar-refractivity contribution is 5.67. The van der Waals surface area contributed by atoms with E-state index in [4.69, 9.17) is 9.97 Å². The molecule has 0 saturated heterocycles. The van der Waals surface area contributed by atoms with Crippen molar-refractivity contribution in [1.29, 1.82) is 0 Å². The zero-order valence-electron chi connectivity index (χ0n) is 17.3. The van der Waals surface area contributed by atoms with Gasteiger partial charge in [-0.15, -0.1) is 0 Å². The van der Waals surface area contributed by atoms with E-state index in [0.29, 0.717) is 12.5 Å². The quantitative estimate of drug-likeness (QED) is 0.440. The van der Waals surface area contributed by atoms with Crippen LogP contribution in [-0.4, -0.2) is 21.5 Å². The van der Waals surface area contributed by atoms with Crippen molar-refractivity contribution in [2.75, 3.05) is 16.8 Å². The van der Waals surface area contributed by atoms with Gasteiger partial charge in [-0.2, -0.15) is 4.98 Å².